The van der Waals surface area contributed by atoms with Gasteiger partial charge in [0.15, 0.2) is 0 Å². The lowest BCUT2D eigenvalue weighted by molar-refractivity contribution is 0.251. The zero-order valence-electron chi connectivity index (χ0n) is 11.6. The molecule has 0 fully saturated rings. The molecule has 0 aliphatic heterocycles. The van der Waals surface area contributed by atoms with Crippen molar-refractivity contribution in [3.8, 4) is 0 Å². The molecule has 0 radical (unpaired) electrons. The quantitative estimate of drug-likeness (QED) is 0.452. The second-order valence-corrected chi connectivity index (χ2v) is 5.08. The third kappa shape index (κ3) is 13.8. The molecule has 1 N–H and O–H groups in total. The highest BCUT2D eigenvalue weighted by atomic mass is 19.1. The fourth-order valence-electron chi connectivity index (χ4n) is 2.12. The van der Waals surface area contributed by atoms with Crippen molar-refractivity contribution in [2.75, 3.05) is 6.61 Å². The molecule has 1 atom stereocenters. The van der Waals surface area contributed by atoms with Gasteiger partial charge in [0.2, 0.25) is 0 Å². The summed E-state index contributed by atoms with van der Waals surface area (Å²) >= 11 is 0. The van der Waals surface area contributed by atoms with Crippen molar-refractivity contribution in [1.82, 2.24) is 0 Å². The summed E-state index contributed by atoms with van der Waals surface area (Å²) in [7, 11) is 0. The van der Waals surface area contributed by atoms with Crippen molar-refractivity contribution in [1.29, 1.82) is 0 Å². The van der Waals surface area contributed by atoms with Gasteiger partial charge in [-0.3, -0.25) is 0 Å². The van der Waals surface area contributed by atoms with Crippen LogP contribution in [0.3, 0.4) is 0 Å². The van der Waals surface area contributed by atoms with Crippen molar-refractivity contribution >= 4 is 0 Å². The number of aliphatic hydroxyl groups is 1. The van der Waals surface area contributed by atoms with Gasteiger partial charge in [0.1, 0.15) is 6.17 Å². The van der Waals surface area contributed by atoms with E-state index in [1.807, 2.05) is 0 Å². The number of alkyl halides is 1. The van der Waals surface area contributed by atoms with Gasteiger partial charge >= 0.3 is 0 Å². The minimum atomic E-state index is -0.637. The molecule has 17 heavy (non-hydrogen) atoms. The molecule has 0 aromatic heterocycles. The summed E-state index contributed by atoms with van der Waals surface area (Å²) in [5.41, 5.74) is 0. The highest BCUT2D eigenvalue weighted by molar-refractivity contribution is 4.57. The standard InChI is InChI=1S/C15H31FO/c1-2-3-4-5-6-7-8-9-12-15(16)13-10-11-14-17/h15,17H,2-14H2,1H3/t15-/m0/s1. The van der Waals surface area contributed by atoms with Crippen LogP contribution in [0.1, 0.15) is 84.0 Å². The average Bonchev–Trinajstić information content (AvgIpc) is 2.33. The van der Waals surface area contributed by atoms with Gasteiger partial charge < -0.3 is 5.11 Å². The summed E-state index contributed by atoms with van der Waals surface area (Å²) < 4.78 is 13.3. The van der Waals surface area contributed by atoms with Crippen LogP contribution < -0.4 is 0 Å². The molecule has 0 bridgehead atoms. The van der Waals surface area contributed by atoms with E-state index < -0.39 is 6.17 Å². The zero-order chi connectivity index (χ0) is 12.8. The van der Waals surface area contributed by atoms with Crippen LogP contribution in [0.4, 0.5) is 4.39 Å². The fourth-order valence-corrected chi connectivity index (χ4v) is 2.12. The molecule has 2 heteroatoms. The predicted molar refractivity (Wildman–Crippen MR) is 73.1 cm³/mol. The number of rotatable bonds is 13. The molecule has 1 nitrogen and oxygen atoms in total. The lowest BCUT2D eigenvalue weighted by Crippen LogP contribution is -2.00. The topological polar surface area (TPSA) is 20.2 Å². The highest BCUT2D eigenvalue weighted by Crippen LogP contribution is 2.15. The lowest BCUT2D eigenvalue weighted by Gasteiger charge is -2.07. The Morgan fingerprint density at radius 1 is 0.765 bits per heavy atom. The van der Waals surface area contributed by atoms with Gasteiger partial charge in [-0.25, -0.2) is 4.39 Å². The number of hydrogen-bond donors (Lipinski definition) is 1. The van der Waals surface area contributed by atoms with Crippen molar-refractivity contribution in [2.45, 2.75) is 90.1 Å². The van der Waals surface area contributed by atoms with E-state index in [0.29, 0.717) is 6.42 Å². The summed E-state index contributed by atoms with van der Waals surface area (Å²) in [6.45, 7) is 2.43. The predicted octanol–water partition coefficient (Wildman–Crippen LogP) is 5.02. The lowest BCUT2D eigenvalue weighted by atomic mass is 10.0. The minimum Gasteiger partial charge on any atom is -0.396 e. The van der Waals surface area contributed by atoms with Gasteiger partial charge in [0.25, 0.3) is 0 Å². The van der Waals surface area contributed by atoms with Crippen molar-refractivity contribution in [3.63, 3.8) is 0 Å². The van der Waals surface area contributed by atoms with Crippen molar-refractivity contribution in [3.05, 3.63) is 0 Å². The molecule has 0 aromatic carbocycles. The highest BCUT2D eigenvalue weighted by Gasteiger charge is 2.05. The van der Waals surface area contributed by atoms with Crippen molar-refractivity contribution < 1.29 is 9.50 Å². The Morgan fingerprint density at radius 3 is 1.76 bits per heavy atom. The van der Waals surface area contributed by atoms with Gasteiger partial charge in [0.05, 0.1) is 0 Å². The Labute approximate surface area is 107 Å². The first-order valence-corrected chi connectivity index (χ1v) is 7.56. The number of unbranched alkanes of at least 4 members (excludes halogenated alkanes) is 8. The third-order valence-electron chi connectivity index (χ3n) is 3.30. The van der Waals surface area contributed by atoms with E-state index in [4.69, 9.17) is 5.11 Å². The van der Waals surface area contributed by atoms with Gasteiger partial charge in [-0.05, 0) is 25.7 Å². The monoisotopic (exact) mass is 246 g/mol. The normalized spacial score (nSPS) is 12.9. The zero-order valence-corrected chi connectivity index (χ0v) is 11.6. The Morgan fingerprint density at radius 2 is 1.24 bits per heavy atom. The van der Waals surface area contributed by atoms with Gasteiger partial charge in [-0.2, -0.15) is 0 Å². The molecular formula is C15H31FO. The van der Waals surface area contributed by atoms with E-state index >= 15 is 0 Å². The largest absolute Gasteiger partial charge is 0.396 e. The second kappa shape index (κ2) is 14.0. The van der Waals surface area contributed by atoms with E-state index in [9.17, 15) is 4.39 Å². The smallest absolute Gasteiger partial charge is 0.100 e. The maximum Gasteiger partial charge on any atom is 0.100 e. The van der Waals surface area contributed by atoms with E-state index in [-0.39, 0.29) is 6.61 Å². The van der Waals surface area contributed by atoms with Crippen LogP contribution in [-0.2, 0) is 0 Å². The Kier molecular flexibility index (Phi) is 13.9. The van der Waals surface area contributed by atoms with E-state index in [0.717, 1.165) is 25.7 Å². The van der Waals surface area contributed by atoms with Gasteiger partial charge in [0, 0.05) is 6.61 Å². The maximum absolute atomic E-state index is 13.3. The van der Waals surface area contributed by atoms with Gasteiger partial charge in [-0.1, -0.05) is 58.3 Å². The number of halogens is 1. The molecule has 0 heterocycles. The first kappa shape index (κ1) is 16.9. The molecule has 0 aromatic rings. The summed E-state index contributed by atoms with van der Waals surface area (Å²) in [5, 5.41) is 8.59. The minimum absolute atomic E-state index is 0.199. The Bertz CT molecular complexity index is 139. The number of aliphatic hydroxyl groups excluding tert-OH is 1. The molecule has 104 valence electrons. The molecule has 0 saturated heterocycles. The van der Waals surface area contributed by atoms with Crippen LogP contribution in [0.2, 0.25) is 0 Å². The molecule has 0 aliphatic rings. The van der Waals surface area contributed by atoms with E-state index in [2.05, 4.69) is 6.92 Å². The van der Waals surface area contributed by atoms with Crippen LogP contribution in [0, 0.1) is 0 Å². The van der Waals surface area contributed by atoms with Crippen molar-refractivity contribution in [2.24, 2.45) is 0 Å². The van der Waals surface area contributed by atoms with E-state index in [1.165, 1.54) is 44.9 Å². The Hall–Kier alpha value is -0.110. The SMILES string of the molecule is CCCCCCCCCC[C@H](F)CCCCO. The molecule has 0 spiro atoms. The third-order valence-corrected chi connectivity index (χ3v) is 3.30. The van der Waals surface area contributed by atoms with Crippen LogP contribution >= 0.6 is 0 Å². The maximum atomic E-state index is 13.3. The number of hydrogen-bond acceptors (Lipinski definition) is 1. The fraction of sp³-hybridized carbons (Fsp3) is 1.00. The van der Waals surface area contributed by atoms with Crippen LogP contribution in [0.5, 0.6) is 0 Å². The van der Waals surface area contributed by atoms with Crippen LogP contribution in [0.15, 0.2) is 0 Å². The van der Waals surface area contributed by atoms with Crippen LogP contribution in [-0.4, -0.2) is 17.9 Å². The Balaban J connectivity index is 3.05. The summed E-state index contributed by atoms with van der Waals surface area (Å²) in [5.74, 6) is 0. The molecule has 0 saturated carbocycles. The molecule has 0 amide bonds. The second-order valence-electron chi connectivity index (χ2n) is 5.08. The average molecular weight is 246 g/mol. The molecule has 0 aliphatic carbocycles. The van der Waals surface area contributed by atoms with E-state index in [1.54, 1.807) is 0 Å². The van der Waals surface area contributed by atoms with Gasteiger partial charge in [-0.15, -0.1) is 0 Å². The van der Waals surface area contributed by atoms with Crippen LogP contribution in [0.25, 0.3) is 0 Å². The summed E-state index contributed by atoms with van der Waals surface area (Å²) in [6, 6.07) is 0. The molecule has 0 rings (SSSR count). The molecular weight excluding hydrogens is 215 g/mol. The summed E-state index contributed by atoms with van der Waals surface area (Å²) in [4.78, 5) is 0. The first-order valence-electron chi connectivity index (χ1n) is 7.56. The summed E-state index contributed by atoms with van der Waals surface area (Å²) in [6.07, 6.45) is 12.5. The first-order chi connectivity index (χ1) is 8.31. The molecule has 0 unspecified atom stereocenters.